The predicted molar refractivity (Wildman–Crippen MR) is 144 cm³/mol. The average Bonchev–Trinajstić information content (AvgIpc) is 3.24. The van der Waals surface area contributed by atoms with Crippen molar-refractivity contribution in [1.29, 1.82) is 0 Å². The van der Waals surface area contributed by atoms with Crippen molar-refractivity contribution >= 4 is 50.8 Å². The van der Waals surface area contributed by atoms with Crippen LogP contribution in [0.25, 0.3) is 0 Å². The third-order valence-corrected chi connectivity index (χ3v) is 7.27. The van der Waals surface area contributed by atoms with E-state index in [1.165, 1.54) is 12.1 Å². The van der Waals surface area contributed by atoms with Gasteiger partial charge in [0.15, 0.2) is 0 Å². The van der Waals surface area contributed by atoms with Gasteiger partial charge in [-0.3, -0.25) is 19.3 Å². The molecule has 1 heterocycles. The molecule has 184 valence electrons. The fourth-order valence-corrected chi connectivity index (χ4v) is 5.22. The van der Waals surface area contributed by atoms with Crippen molar-refractivity contribution in [1.82, 2.24) is 0 Å². The summed E-state index contributed by atoms with van der Waals surface area (Å²) >= 11 is 0. The van der Waals surface area contributed by atoms with Gasteiger partial charge in [0, 0.05) is 17.1 Å². The van der Waals surface area contributed by atoms with E-state index in [9.17, 15) is 18.0 Å². The minimum absolute atomic E-state index is 0.139. The maximum Gasteiger partial charge on any atom is 0.261 e. The minimum atomic E-state index is -3.81. The molecule has 1 atom stereocenters. The Bertz CT molecular complexity index is 1590. The van der Waals surface area contributed by atoms with Crippen LogP contribution in [-0.2, 0) is 19.6 Å². The van der Waals surface area contributed by atoms with Gasteiger partial charge in [0.25, 0.3) is 10.0 Å². The largest absolute Gasteiger partial charge is 0.329 e. The van der Waals surface area contributed by atoms with E-state index in [0.717, 1.165) is 5.56 Å². The molecule has 4 aromatic rings. The molecule has 9 heteroatoms. The number of amides is 2. The number of anilines is 3. The van der Waals surface area contributed by atoms with Crippen molar-refractivity contribution in [2.24, 2.45) is 4.99 Å². The molecule has 1 aliphatic rings. The summed E-state index contributed by atoms with van der Waals surface area (Å²) in [4.78, 5) is 28.9. The molecule has 4 aromatic carbocycles. The maximum absolute atomic E-state index is 13.2. The van der Waals surface area contributed by atoms with Gasteiger partial charge in [-0.1, -0.05) is 48.5 Å². The average molecular weight is 511 g/mol. The number of aliphatic imine (C=N–C) groups is 1. The molecular weight excluding hydrogens is 488 g/mol. The van der Waals surface area contributed by atoms with Crippen LogP contribution >= 0.6 is 0 Å². The van der Waals surface area contributed by atoms with Crippen molar-refractivity contribution in [2.45, 2.75) is 10.8 Å². The molecule has 0 radical (unpaired) electrons. The third kappa shape index (κ3) is 5.12. The van der Waals surface area contributed by atoms with Gasteiger partial charge >= 0.3 is 0 Å². The smallest absolute Gasteiger partial charge is 0.261 e. The first-order valence-electron chi connectivity index (χ1n) is 11.4. The topological polar surface area (TPSA) is 117 Å². The third-order valence-electron chi connectivity index (χ3n) is 5.87. The zero-order valence-electron chi connectivity index (χ0n) is 19.5. The Kier molecular flexibility index (Phi) is 6.53. The van der Waals surface area contributed by atoms with Crippen molar-refractivity contribution in [3.05, 3.63) is 114 Å². The lowest BCUT2D eigenvalue weighted by atomic mass is 9.90. The van der Waals surface area contributed by atoms with E-state index in [1.807, 2.05) is 30.3 Å². The fourth-order valence-electron chi connectivity index (χ4n) is 4.15. The molecule has 0 bridgehead atoms. The Labute approximate surface area is 214 Å². The van der Waals surface area contributed by atoms with Crippen LogP contribution in [0.3, 0.4) is 0 Å². The second-order valence-electron chi connectivity index (χ2n) is 8.31. The summed E-state index contributed by atoms with van der Waals surface area (Å²) in [6, 6.07) is 29.3. The van der Waals surface area contributed by atoms with E-state index in [-0.39, 0.29) is 10.8 Å². The Morgan fingerprint density at radius 3 is 2.16 bits per heavy atom. The second kappa shape index (κ2) is 10.1. The Morgan fingerprint density at radius 2 is 1.49 bits per heavy atom. The van der Waals surface area contributed by atoms with Crippen LogP contribution in [0.5, 0.6) is 0 Å². The molecule has 0 aromatic heterocycles. The standard InChI is InChI=1S/C28H22N4O4S/c33-18-29-20-11-13-21(14-12-20)30-27(19-7-3-1-4-8-19)26-24-17-22(15-16-25(24)31-28(26)34)32-37(35,36)23-9-5-2-6-10-23/h1-18,26,32H,(H,29,33)(H,31,34). The number of hydrogen-bond donors (Lipinski definition) is 3. The number of benzene rings is 4. The highest BCUT2D eigenvalue weighted by Gasteiger charge is 2.36. The molecule has 2 amide bonds. The number of carbonyl (C=O) groups excluding carboxylic acids is 2. The molecule has 37 heavy (non-hydrogen) atoms. The Hall–Kier alpha value is -4.76. The monoisotopic (exact) mass is 510 g/mol. The summed E-state index contributed by atoms with van der Waals surface area (Å²) in [5, 5.41) is 5.47. The van der Waals surface area contributed by atoms with Gasteiger partial charge in [0.2, 0.25) is 12.3 Å². The van der Waals surface area contributed by atoms with Gasteiger partial charge in [-0.05, 0) is 65.7 Å². The van der Waals surface area contributed by atoms with Crippen LogP contribution in [0, 0.1) is 0 Å². The van der Waals surface area contributed by atoms with E-state index < -0.39 is 15.9 Å². The van der Waals surface area contributed by atoms with Crippen molar-refractivity contribution in [3.63, 3.8) is 0 Å². The Balaban J connectivity index is 1.55. The van der Waals surface area contributed by atoms with Gasteiger partial charge in [0.1, 0.15) is 5.92 Å². The van der Waals surface area contributed by atoms with Gasteiger partial charge < -0.3 is 10.6 Å². The molecule has 8 nitrogen and oxygen atoms in total. The van der Waals surface area contributed by atoms with E-state index >= 15 is 0 Å². The number of rotatable bonds is 8. The summed E-state index contributed by atoms with van der Waals surface area (Å²) in [7, 11) is -3.81. The zero-order chi connectivity index (χ0) is 25.8. The number of carbonyl (C=O) groups is 2. The number of sulfonamides is 1. The van der Waals surface area contributed by atoms with Crippen molar-refractivity contribution in [3.8, 4) is 0 Å². The highest BCUT2D eigenvalue weighted by atomic mass is 32.2. The quantitative estimate of drug-likeness (QED) is 0.231. The van der Waals surface area contributed by atoms with Crippen molar-refractivity contribution < 1.29 is 18.0 Å². The SMILES string of the molecule is O=CNc1ccc(N=C(c2ccccc2)C2C(=O)Nc3ccc(NS(=O)(=O)c4ccccc4)cc32)cc1. The molecule has 0 saturated heterocycles. The van der Waals surface area contributed by atoms with Crippen LogP contribution in [0.15, 0.2) is 113 Å². The molecule has 0 saturated carbocycles. The van der Waals surface area contributed by atoms with Gasteiger partial charge in [-0.15, -0.1) is 0 Å². The molecule has 5 rings (SSSR count). The van der Waals surface area contributed by atoms with Crippen LogP contribution in [-0.4, -0.2) is 26.4 Å². The number of nitrogens with zero attached hydrogens (tertiary/aromatic N) is 1. The number of nitrogens with one attached hydrogen (secondary N) is 3. The molecule has 0 fully saturated rings. The summed E-state index contributed by atoms with van der Waals surface area (Å²) < 4.78 is 28.4. The molecule has 1 aliphatic heterocycles. The molecule has 0 spiro atoms. The van der Waals surface area contributed by atoms with Gasteiger partial charge in [-0.2, -0.15) is 0 Å². The van der Waals surface area contributed by atoms with E-state index in [4.69, 9.17) is 4.99 Å². The second-order valence-corrected chi connectivity index (χ2v) is 10.00. The van der Waals surface area contributed by atoms with Crippen LogP contribution in [0.1, 0.15) is 17.0 Å². The Morgan fingerprint density at radius 1 is 0.838 bits per heavy atom. The predicted octanol–water partition coefficient (Wildman–Crippen LogP) is 4.91. The molecular formula is C28H22N4O4S. The van der Waals surface area contributed by atoms with Crippen LogP contribution < -0.4 is 15.4 Å². The summed E-state index contributed by atoms with van der Waals surface area (Å²) in [5.74, 6) is -1.04. The highest BCUT2D eigenvalue weighted by molar-refractivity contribution is 7.92. The van der Waals surface area contributed by atoms with Crippen LogP contribution in [0.4, 0.5) is 22.7 Å². The zero-order valence-corrected chi connectivity index (χ0v) is 20.3. The number of fused-ring (bicyclic) bond motifs is 1. The lowest BCUT2D eigenvalue weighted by molar-refractivity contribution is -0.115. The van der Waals surface area contributed by atoms with E-state index in [0.29, 0.717) is 40.4 Å². The van der Waals surface area contributed by atoms with E-state index in [1.54, 1.807) is 60.7 Å². The minimum Gasteiger partial charge on any atom is -0.329 e. The van der Waals surface area contributed by atoms with Crippen molar-refractivity contribution in [2.75, 3.05) is 15.4 Å². The first-order chi connectivity index (χ1) is 17.9. The normalized spacial score (nSPS) is 15.0. The fraction of sp³-hybridized carbons (Fsp3) is 0.0357. The first-order valence-corrected chi connectivity index (χ1v) is 12.9. The summed E-state index contributed by atoms with van der Waals surface area (Å²) in [5.41, 5.74) is 4.01. The van der Waals surface area contributed by atoms with Gasteiger partial charge in [0.05, 0.1) is 16.3 Å². The summed E-state index contributed by atoms with van der Waals surface area (Å²) in [6.07, 6.45) is 0.594. The summed E-state index contributed by atoms with van der Waals surface area (Å²) in [6.45, 7) is 0. The highest BCUT2D eigenvalue weighted by Crippen LogP contribution is 2.38. The van der Waals surface area contributed by atoms with E-state index in [2.05, 4.69) is 15.4 Å². The maximum atomic E-state index is 13.2. The number of hydrogen-bond acceptors (Lipinski definition) is 5. The van der Waals surface area contributed by atoms with Crippen LogP contribution in [0.2, 0.25) is 0 Å². The molecule has 1 unspecified atom stereocenters. The molecule has 3 N–H and O–H groups in total. The lowest BCUT2D eigenvalue weighted by Crippen LogP contribution is -2.22. The first kappa shape index (κ1) is 24.0. The lowest BCUT2D eigenvalue weighted by Gasteiger charge is -2.15. The molecule has 0 aliphatic carbocycles. The van der Waals surface area contributed by atoms with Gasteiger partial charge in [-0.25, -0.2) is 8.42 Å².